The van der Waals surface area contributed by atoms with Crippen LogP contribution >= 0.6 is 0 Å². The van der Waals surface area contributed by atoms with E-state index in [9.17, 15) is 9.59 Å². The van der Waals surface area contributed by atoms with E-state index < -0.39 is 5.97 Å². The minimum Gasteiger partial charge on any atom is -0.493 e. The van der Waals surface area contributed by atoms with Crippen LogP contribution in [0.3, 0.4) is 0 Å². The molecule has 31 heavy (non-hydrogen) atoms. The third kappa shape index (κ3) is 5.29. The fraction of sp³-hybridized carbons (Fsp3) is 0.417. The third-order valence-corrected chi connectivity index (χ3v) is 5.48. The number of ether oxygens (including phenoxy) is 4. The molecule has 166 valence electrons. The number of rotatable bonds is 8. The average Bonchev–Trinajstić information content (AvgIpc) is 2.80. The first-order valence-corrected chi connectivity index (χ1v) is 10.3. The van der Waals surface area contributed by atoms with Crippen molar-refractivity contribution in [2.75, 3.05) is 27.9 Å². The van der Waals surface area contributed by atoms with Gasteiger partial charge in [-0.1, -0.05) is 18.2 Å². The van der Waals surface area contributed by atoms with Gasteiger partial charge in [0.05, 0.1) is 32.9 Å². The summed E-state index contributed by atoms with van der Waals surface area (Å²) < 4.78 is 20.9. The van der Waals surface area contributed by atoms with Crippen LogP contribution < -0.4 is 19.5 Å². The summed E-state index contributed by atoms with van der Waals surface area (Å²) in [7, 11) is 4.40. The molecule has 0 radical (unpaired) electrons. The molecular weight excluding hydrogens is 398 g/mol. The standard InChI is InChI=1S/C24H29NO6/c1-15(17-10-9-16-7-5-6-8-18(16)11-17)25-22(26)14-31-24(27)19-12-20(28-2)23(30-4)21(13-19)29-3/h9-13,15H,5-8,14H2,1-4H3,(H,25,26)/t15-/m1/s1. The lowest BCUT2D eigenvalue weighted by molar-refractivity contribution is -0.124. The number of benzene rings is 2. The van der Waals surface area contributed by atoms with Gasteiger partial charge >= 0.3 is 5.97 Å². The van der Waals surface area contributed by atoms with Crippen molar-refractivity contribution in [3.05, 3.63) is 52.6 Å². The Kier molecular flexibility index (Phi) is 7.39. The van der Waals surface area contributed by atoms with E-state index >= 15 is 0 Å². The van der Waals surface area contributed by atoms with Gasteiger partial charge in [0.15, 0.2) is 18.1 Å². The van der Waals surface area contributed by atoms with Crippen molar-refractivity contribution in [3.63, 3.8) is 0 Å². The van der Waals surface area contributed by atoms with E-state index in [1.165, 1.54) is 57.4 Å². The smallest absolute Gasteiger partial charge is 0.338 e. The Morgan fingerprint density at radius 2 is 1.58 bits per heavy atom. The fourth-order valence-corrected chi connectivity index (χ4v) is 3.80. The summed E-state index contributed by atoms with van der Waals surface area (Å²) in [6.45, 7) is 1.54. The Labute approximate surface area is 182 Å². The molecule has 3 rings (SSSR count). The van der Waals surface area contributed by atoms with Crippen molar-refractivity contribution in [2.45, 2.75) is 38.6 Å². The van der Waals surface area contributed by atoms with Gasteiger partial charge in [-0.3, -0.25) is 4.79 Å². The second kappa shape index (κ2) is 10.2. The highest BCUT2D eigenvalue weighted by Crippen LogP contribution is 2.38. The number of esters is 1. The molecular formula is C24H29NO6. The monoisotopic (exact) mass is 427 g/mol. The zero-order valence-corrected chi connectivity index (χ0v) is 18.4. The molecule has 7 nitrogen and oxygen atoms in total. The van der Waals surface area contributed by atoms with Crippen molar-refractivity contribution in [1.82, 2.24) is 5.32 Å². The van der Waals surface area contributed by atoms with Crippen molar-refractivity contribution in [2.24, 2.45) is 0 Å². The largest absolute Gasteiger partial charge is 0.493 e. The van der Waals surface area contributed by atoms with E-state index in [2.05, 4.69) is 23.5 Å². The maximum absolute atomic E-state index is 12.4. The van der Waals surface area contributed by atoms with E-state index in [0.717, 1.165) is 18.4 Å². The number of hydrogen-bond acceptors (Lipinski definition) is 6. The molecule has 0 aliphatic heterocycles. The lowest BCUT2D eigenvalue weighted by Gasteiger charge is -2.20. The predicted octanol–water partition coefficient (Wildman–Crippen LogP) is 3.63. The van der Waals surface area contributed by atoms with Gasteiger partial charge in [-0.25, -0.2) is 4.79 Å². The number of fused-ring (bicyclic) bond motifs is 1. The Morgan fingerprint density at radius 1 is 0.935 bits per heavy atom. The van der Waals surface area contributed by atoms with Crippen LogP contribution in [0.1, 0.15) is 52.9 Å². The van der Waals surface area contributed by atoms with Crippen molar-refractivity contribution in [1.29, 1.82) is 0 Å². The zero-order chi connectivity index (χ0) is 22.4. The summed E-state index contributed by atoms with van der Waals surface area (Å²) >= 11 is 0. The minimum atomic E-state index is -0.657. The molecule has 1 amide bonds. The highest BCUT2D eigenvalue weighted by Gasteiger charge is 2.19. The second-order valence-corrected chi connectivity index (χ2v) is 7.51. The molecule has 2 aromatic rings. The van der Waals surface area contributed by atoms with Gasteiger partial charge in [0.25, 0.3) is 5.91 Å². The maximum Gasteiger partial charge on any atom is 0.338 e. The first-order chi connectivity index (χ1) is 15.0. The molecule has 0 aromatic heterocycles. The number of amides is 1. The summed E-state index contributed by atoms with van der Waals surface area (Å²) in [5, 5.41) is 2.89. The summed E-state index contributed by atoms with van der Waals surface area (Å²) in [6, 6.07) is 9.16. The highest BCUT2D eigenvalue weighted by atomic mass is 16.5. The number of aryl methyl sites for hydroxylation is 2. The van der Waals surface area contributed by atoms with Crippen molar-refractivity contribution >= 4 is 11.9 Å². The van der Waals surface area contributed by atoms with Crippen LogP contribution in [0, 0.1) is 0 Å². The normalized spacial score (nSPS) is 13.5. The van der Waals surface area contributed by atoms with Gasteiger partial charge < -0.3 is 24.3 Å². The highest BCUT2D eigenvalue weighted by molar-refractivity contribution is 5.92. The molecule has 0 saturated heterocycles. The first-order valence-electron chi connectivity index (χ1n) is 10.3. The Bertz CT molecular complexity index is 930. The van der Waals surface area contributed by atoms with Crippen LogP contribution in [0.15, 0.2) is 30.3 Å². The second-order valence-electron chi connectivity index (χ2n) is 7.51. The molecule has 7 heteroatoms. The van der Waals surface area contributed by atoms with Crippen LogP contribution in [0.25, 0.3) is 0 Å². The van der Waals surface area contributed by atoms with Gasteiger partial charge in [0, 0.05) is 0 Å². The molecule has 1 aliphatic rings. The topological polar surface area (TPSA) is 83.1 Å². The zero-order valence-electron chi connectivity index (χ0n) is 18.4. The molecule has 0 fully saturated rings. The van der Waals surface area contributed by atoms with E-state index in [1.54, 1.807) is 0 Å². The van der Waals surface area contributed by atoms with Gasteiger partial charge in [-0.15, -0.1) is 0 Å². The fourth-order valence-electron chi connectivity index (χ4n) is 3.80. The number of hydrogen-bond donors (Lipinski definition) is 1. The molecule has 1 N–H and O–H groups in total. The predicted molar refractivity (Wildman–Crippen MR) is 116 cm³/mol. The van der Waals surface area contributed by atoms with Gasteiger partial charge in [-0.05, 0) is 61.4 Å². The molecule has 2 aromatic carbocycles. The number of nitrogens with one attached hydrogen (secondary N) is 1. The lowest BCUT2D eigenvalue weighted by Crippen LogP contribution is -2.31. The third-order valence-electron chi connectivity index (χ3n) is 5.48. The van der Waals surface area contributed by atoms with E-state index in [4.69, 9.17) is 18.9 Å². The summed E-state index contributed by atoms with van der Waals surface area (Å²) in [5.41, 5.74) is 4.00. The molecule has 0 unspecified atom stereocenters. The number of methoxy groups -OCH3 is 3. The number of carbonyl (C=O) groups is 2. The lowest BCUT2D eigenvalue weighted by atomic mass is 9.89. The molecule has 1 aliphatic carbocycles. The molecule has 0 heterocycles. The number of carbonyl (C=O) groups excluding carboxylic acids is 2. The Morgan fingerprint density at radius 3 is 2.19 bits per heavy atom. The molecule has 0 saturated carbocycles. The summed E-state index contributed by atoms with van der Waals surface area (Å²) in [6.07, 6.45) is 4.63. The summed E-state index contributed by atoms with van der Waals surface area (Å²) in [4.78, 5) is 24.8. The van der Waals surface area contributed by atoms with Crippen molar-refractivity contribution in [3.8, 4) is 17.2 Å². The van der Waals surface area contributed by atoms with E-state index in [0.29, 0.717) is 17.2 Å². The van der Waals surface area contributed by atoms with Crippen molar-refractivity contribution < 1.29 is 28.5 Å². The molecule has 1 atom stereocenters. The maximum atomic E-state index is 12.4. The Balaban J connectivity index is 1.60. The van der Waals surface area contributed by atoms with Crippen LogP contribution in [0.4, 0.5) is 0 Å². The quantitative estimate of drug-likeness (QED) is 0.648. The van der Waals surface area contributed by atoms with E-state index in [1.807, 2.05) is 6.92 Å². The van der Waals surface area contributed by atoms with Gasteiger partial charge in [0.1, 0.15) is 0 Å². The van der Waals surface area contributed by atoms with Gasteiger partial charge in [-0.2, -0.15) is 0 Å². The van der Waals surface area contributed by atoms with Gasteiger partial charge in [0.2, 0.25) is 5.75 Å². The van der Waals surface area contributed by atoms with Crippen LogP contribution in [0.5, 0.6) is 17.2 Å². The first kappa shape index (κ1) is 22.5. The molecule has 0 bridgehead atoms. The van der Waals surface area contributed by atoms with Crippen LogP contribution in [-0.2, 0) is 22.4 Å². The Hall–Kier alpha value is -3.22. The van der Waals surface area contributed by atoms with Crippen LogP contribution in [-0.4, -0.2) is 39.8 Å². The van der Waals surface area contributed by atoms with E-state index in [-0.39, 0.29) is 24.1 Å². The SMILES string of the molecule is COc1cc(C(=O)OCC(=O)N[C@H](C)c2ccc3c(c2)CCCC3)cc(OC)c1OC. The minimum absolute atomic E-state index is 0.181. The molecule has 0 spiro atoms. The summed E-state index contributed by atoms with van der Waals surface area (Å²) in [5.74, 6) is 0.0126. The average molecular weight is 427 g/mol. The van der Waals surface area contributed by atoms with Crippen LogP contribution in [0.2, 0.25) is 0 Å².